The Kier molecular flexibility index (Phi) is 5.19. The summed E-state index contributed by atoms with van der Waals surface area (Å²) in [5, 5.41) is 2.88. The molecule has 1 amide bonds. The Morgan fingerprint density at radius 1 is 1.03 bits per heavy atom. The van der Waals surface area contributed by atoms with E-state index in [2.05, 4.69) is 15.2 Å². The lowest BCUT2D eigenvalue weighted by Crippen LogP contribution is -2.23. The lowest BCUT2D eigenvalue weighted by Gasteiger charge is -2.20. The fourth-order valence-corrected chi connectivity index (χ4v) is 4.29. The summed E-state index contributed by atoms with van der Waals surface area (Å²) in [5.74, 6) is 0.638. The van der Waals surface area contributed by atoms with Gasteiger partial charge in [0.2, 0.25) is 0 Å². The minimum atomic E-state index is -3.18. The molecule has 0 saturated carbocycles. The van der Waals surface area contributed by atoms with Gasteiger partial charge in [-0.1, -0.05) is 24.3 Å². The zero-order valence-electron chi connectivity index (χ0n) is 16.1. The van der Waals surface area contributed by atoms with Crippen molar-refractivity contribution in [3.05, 3.63) is 59.7 Å². The third-order valence-electron chi connectivity index (χ3n) is 4.81. The van der Waals surface area contributed by atoms with Crippen molar-refractivity contribution in [1.82, 2.24) is 9.97 Å². The summed E-state index contributed by atoms with van der Waals surface area (Å²) in [6.07, 6.45) is 3.33. The van der Waals surface area contributed by atoms with Crippen molar-refractivity contribution in [2.24, 2.45) is 0 Å². The monoisotopic (exact) mass is 410 g/mol. The molecular formula is C21H22N4O3S. The van der Waals surface area contributed by atoms with E-state index in [4.69, 9.17) is 4.98 Å². The van der Waals surface area contributed by atoms with Crippen molar-refractivity contribution in [1.29, 1.82) is 0 Å². The summed E-state index contributed by atoms with van der Waals surface area (Å²) in [6.45, 7) is 1.75. The summed E-state index contributed by atoms with van der Waals surface area (Å²) < 4.78 is 23.1. The zero-order chi connectivity index (χ0) is 20.4. The normalized spacial score (nSPS) is 14.3. The lowest BCUT2D eigenvalue weighted by atomic mass is 10.1. The van der Waals surface area contributed by atoms with Gasteiger partial charge in [-0.25, -0.2) is 18.4 Å². The Morgan fingerprint density at radius 2 is 1.72 bits per heavy atom. The second-order valence-corrected chi connectivity index (χ2v) is 9.44. The number of aromatic nitrogens is 2. The van der Waals surface area contributed by atoms with E-state index in [-0.39, 0.29) is 11.7 Å². The standard InChI is InChI=1S/C21H22N4O3S/c1-29(27,28)14-15-7-6-8-16(13-15)21(26)24-19-20(25-11-4-5-12-25)23-18-10-3-2-9-17(18)22-19/h2-3,6-10,13H,4-5,11-12,14H2,1H3,(H,22,24,26). The molecule has 2 aromatic carbocycles. The van der Waals surface area contributed by atoms with E-state index in [0.29, 0.717) is 28.3 Å². The van der Waals surface area contributed by atoms with Crippen molar-refractivity contribution in [2.45, 2.75) is 18.6 Å². The van der Waals surface area contributed by atoms with Gasteiger partial charge in [-0.15, -0.1) is 0 Å². The number of amides is 1. The molecule has 0 unspecified atom stereocenters. The second-order valence-electron chi connectivity index (χ2n) is 7.30. The van der Waals surface area contributed by atoms with Crippen LogP contribution in [0.15, 0.2) is 48.5 Å². The predicted molar refractivity (Wildman–Crippen MR) is 114 cm³/mol. The number of nitrogens with one attached hydrogen (secondary N) is 1. The van der Waals surface area contributed by atoms with Crippen molar-refractivity contribution in [3.63, 3.8) is 0 Å². The van der Waals surface area contributed by atoms with Gasteiger partial charge in [-0.05, 0) is 42.7 Å². The molecule has 1 aliphatic heterocycles. The van der Waals surface area contributed by atoms with Crippen LogP contribution in [0.2, 0.25) is 0 Å². The topological polar surface area (TPSA) is 92.3 Å². The average molecular weight is 410 g/mol. The third kappa shape index (κ3) is 4.54. The molecule has 3 aromatic rings. The third-order valence-corrected chi connectivity index (χ3v) is 5.67. The van der Waals surface area contributed by atoms with E-state index in [1.807, 2.05) is 24.3 Å². The molecule has 1 saturated heterocycles. The SMILES string of the molecule is CS(=O)(=O)Cc1cccc(C(=O)Nc2nc3ccccc3nc2N2CCCC2)c1. The summed E-state index contributed by atoms with van der Waals surface area (Å²) in [7, 11) is -3.18. The molecule has 1 aliphatic rings. The van der Waals surface area contributed by atoms with E-state index in [1.54, 1.807) is 24.3 Å². The van der Waals surface area contributed by atoms with Crippen LogP contribution in [0.5, 0.6) is 0 Å². The molecule has 1 aromatic heterocycles. The first kappa shape index (κ1) is 19.3. The molecular weight excluding hydrogens is 388 g/mol. The smallest absolute Gasteiger partial charge is 0.256 e. The number of carbonyl (C=O) groups excluding carboxylic acids is 1. The number of anilines is 2. The van der Waals surface area contributed by atoms with E-state index < -0.39 is 9.84 Å². The van der Waals surface area contributed by atoms with Crippen LogP contribution in [-0.2, 0) is 15.6 Å². The Labute approximate surface area is 169 Å². The molecule has 7 nitrogen and oxygen atoms in total. The van der Waals surface area contributed by atoms with Crippen LogP contribution in [0.1, 0.15) is 28.8 Å². The van der Waals surface area contributed by atoms with Gasteiger partial charge in [-0.2, -0.15) is 0 Å². The molecule has 0 spiro atoms. The highest BCUT2D eigenvalue weighted by molar-refractivity contribution is 7.89. The number of hydrogen-bond donors (Lipinski definition) is 1. The van der Waals surface area contributed by atoms with Crippen molar-refractivity contribution in [2.75, 3.05) is 29.6 Å². The summed E-state index contributed by atoms with van der Waals surface area (Å²) in [5.41, 5.74) is 2.44. The van der Waals surface area contributed by atoms with Crippen LogP contribution >= 0.6 is 0 Å². The zero-order valence-corrected chi connectivity index (χ0v) is 16.9. The number of benzene rings is 2. The summed E-state index contributed by atoms with van der Waals surface area (Å²) in [4.78, 5) is 24.4. The van der Waals surface area contributed by atoms with Gasteiger partial charge in [0.05, 0.1) is 16.8 Å². The van der Waals surface area contributed by atoms with E-state index in [0.717, 1.165) is 31.4 Å². The molecule has 1 fully saturated rings. The Morgan fingerprint density at radius 3 is 2.41 bits per heavy atom. The summed E-state index contributed by atoms with van der Waals surface area (Å²) in [6, 6.07) is 14.2. The lowest BCUT2D eigenvalue weighted by molar-refractivity contribution is 0.102. The van der Waals surface area contributed by atoms with Crippen LogP contribution in [0, 0.1) is 0 Å². The first-order valence-electron chi connectivity index (χ1n) is 9.49. The van der Waals surface area contributed by atoms with Crippen molar-refractivity contribution < 1.29 is 13.2 Å². The molecule has 0 atom stereocenters. The Hall–Kier alpha value is -3.00. The Balaban J connectivity index is 1.67. The largest absolute Gasteiger partial charge is 0.354 e. The maximum Gasteiger partial charge on any atom is 0.256 e. The number of carbonyl (C=O) groups is 1. The highest BCUT2D eigenvalue weighted by Crippen LogP contribution is 2.28. The van der Waals surface area contributed by atoms with Gasteiger partial charge in [0.1, 0.15) is 0 Å². The molecule has 4 rings (SSSR count). The number of hydrogen-bond acceptors (Lipinski definition) is 6. The number of para-hydroxylation sites is 2. The van der Waals surface area contributed by atoms with Crippen molar-refractivity contribution in [3.8, 4) is 0 Å². The van der Waals surface area contributed by atoms with Crippen LogP contribution in [-0.4, -0.2) is 43.6 Å². The quantitative estimate of drug-likeness (QED) is 0.695. The fourth-order valence-electron chi connectivity index (χ4n) is 3.51. The number of nitrogens with zero attached hydrogens (tertiary/aromatic N) is 3. The van der Waals surface area contributed by atoms with Gasteiger partial charge in [-0.3, -0.25) is 4.79 Å². The van der Waals surface area contributed by atoms with Crippen LogP contribution in [0.25, 0.3) is 11.0 Å². The van der Waals surface area contributed by atoms with Gasteiger partial charge in [0.15, 0.2) is 21.5 Å². The molecule has 0 aliphatic carbocycles. The van der Waals surface area contributed by atoms with Gasteiger partial charge < -0.3 is 10.2 Å². The molecule has 0 bridgehead atoms. The molecule has 29 heavy (non-hydrogen) atoms. The maximum atomic E-state index is 12.9. The minimum Gasteiger partial charge on any atom is -0.354 e. The highest BCUT2D eigenvalue weighted by Gasteiger charge is 2.21. The van der Waals surface area contributed by atoms with E-state index in [1.165, 1.54) is 6.26 Å². The molecule has 150 valence electrons. The maximum absolute atomic E-state index is 12.9. The number of fused-ring (bicyclic) bond motifs is 1. The molecule has 1 N–H and O–H groups in total. The van der Waals surface area contributed by atoms with Crippen LogP contribution in [0.4, 0.5) is 11.6 Å². The molecule has 2 heterocycles. The van der Waals surface area contributed by atoms with Gasteiger partial charge >= 0.3 is 0 Å². The first-order chi connectivity index (χ1) is 13.9. The average Bonchev–Trinajstić information content (AvgIpc) is 3.21. The Bertz CT molecular complexity index is 1170. The van der Waals surface area contributed by atoms with Crippen LogP contribution < -0.4 is 10.2 Å². The van der Waals surface area contributed by atoms with Crippen molar-refractivity contribution >= 4 is 38.4 Å². The molecule has 0 radical (unpaired) electrons. The first-order valence-corrected chi connectivity index (χ1v) is 11.5. The van der Waals surface area contributed by atoms with Crippen LogP contribution in [0.3, 0.4) is 0 Å². The minimum absolute atomic E-state index is 0.108. The van der Waals surface area contributed by atoms with E-state index >= 15 is 0 Å². The second kappa shape index (κ2) is 7.79. The molecule has 8 heteroatoms. The highest BCUT2D eigenvalue weighted by atomic mass is 32.2. The van der Waals surface area contributed by atoms with E-state index in [9.17, 15) is 13.2 Å². The van der Waals surface area contributed by atoms with Gasteiger partial charge in [0.25, 0.3) is 5.91 Å². The summed E-state index contributed by atoms with van der Waals surface area (Å²) >= 11 is 0. The number of rotatable bonds is 5. The predicted octanol–water partition coefficient (Wildman–Crippen LogP) is 3.03. The fraction of sp³-hybridized carbons (Fsp3) is 0.286. The van der Waals surface area contributed by atoms with Gasteiger partial charge in [0, 0.05) is 24.9 Å². The number of sulfone groups is 1.